The van der Waals surface area contributed by atoms with Crippen molar-refractivity contribution in [3.05, 3.63) is 29.6 Å². The Balaban J connectivity index is 2.00. The molecule has 0 atom stereocenters. The van der Waals surface area contributed by atoms with Crippen molar-refractivity contribution >= 4 is 17.5 Å². The maximum Gasteiger partial charge on any atom is 0.271 e. The maximum absolute atomic E-state index is 11.3. The van der Waals surface area contributed by atoms with Crippen molar-refractivity contribution in [2.45, 2.75) is 6.54 Å². The minimum atomic E-state index is -0.268. The zero-order chi connectivity index (χ0) is 13.8. The van der Waals surface area contributed by atoms with Crippen LogP contribution in [0.15, 0.2) is 18.3 Å². The van der Waals surface area contributed by atoms with Crippen molar-refractivity contribution in [3.63, 3.8) is 0 Å². The highest BCUT2D eigenvalue weighted by molar-refractivity contribution is 5.91. The molecule has 0 fully saturated rings. The van der Waals surface area contributed by atoms with Crippen molar-refractivity contribution in [3.8, 4) is 0 Å². The quantitative estimate of drug-likeness (QED) is 0.700. The fourth-order valence-corrected chi connectivity index (χ4v) is 1.49. The number of aromatic nitrogens is 4. The summed E-state index contributed by atoms with van der Waals surface area (Å²) in [5.74, 6) is 0.897. The molecular formula is C11H15N7O. The van der Waals surface area contributed by atoms with E-state index >= 15 is 0 Å². The van der Waals surface area contributed by atoms with E-state index in [0.29, 0.717) is 18.2 Å². The third-order valence-corrected chi connectivity index (χ3v) is 2.65. The van der Waals surface area contributed by atoms with Gasteiger partial charge in [-0.1, -0.05) is 0 Å². The third-order valence-electron chi connectivity index (χ3n) is 2.65. The second-order valence-electron chi connectivity index (χ2n) is 3.92. The van der Waals surface area contributed by atoms with Crippen LogP contribution in [0, 0.1) is 0 Å². The molecule has 0 bridgehead atoms. The van der Waals surface area contributed by atoms with Crippen LogP contribution in [0.4, 0.5) is 11.6 Å². The van der Waals surface area contributed by atoms with Gasteiger partial charge in [-0.15, -0.1) is 10.2 Å². The molecule has 100 valence electrons. The predicted molar refractivity (Wildman–Crippen MR) is 70.4 cm³/mol. The van der Waals surface area contributed by atoms with E-state index in [1.54, 1.807) is 37.1 Å². The van der Waals surface area contributed by atoms with Crippen LogP contribution in [0.5, 0.6) is 0 Å². The van der Waals surface area contributed by atoms with Gasteiger partial charge in [-0.3, -0.25) is 9.48 Å². The lowest BCUT2D eigenvalue weighted by molar-refractivity contribution is 0.0957. The molecule has 0 radical (unpaired) electrons. The molecule has 1 amide bonds. The largest absolute Gasteiger partial charge is 0.384 e. The van der Waals surface area contributed by atoms with Crippen LogP contribution in [0.1, 0.15) is 16.1 Å². The summed E-state index contributed by atoms with van der Waals surface area (Å²) in [7, 11) is 3.32. The van der Waals surface area contributed by atoms with Crippen LogP contribution in [0.25, 0.3) is 0 Å². The molecule has 2 rings (SSSR count). The molecule has 0 aliphatic rings. The monoisotopic (exact) mass is 261 g/mol. The summed E-state index contributed by atoms with van der Waals surface area (Å²) >= 11 is 0. The molecule has 2 heterocycles. The molecule has 2 aromatic heterocycles. The molecule has 0 spiro atoms. The van der Waals surface area contributed by atoms with E-state index in [-0.39, 0.29) is 11.6 Å². The van der Waals surface area contributed by atoms with Gasteiger partial charge < -0.3 is 16.4 Å². The number of hydrogen-bond donors (Lipinski definition) is 3. The van der Waals surface area contributed by atoms with E-state index in [2.05, 4.69) is 25.9 Å². The van der Waals surface area contributed by atoms with Gasteiger partial charge in [0.2, 0.25) is 0 Å². The van der Waals surface area contributed by atoms with Gasteiger partial charge in [0.1, 0.15) is 11.6 Å². The van der Waals surface area contributed by atoms with E-state index in [1.807, 2.05) is 0 Å². The minimum Gasteiger partial charge on any atom is -0.384 e. The standard InChI is InChI=1S/C11H15N7O/c1-13-11(19)8-3-4-9(17-16-8)14-5-7-6-15-18(2)10(7)12/h3-4,6H,5,12H2,1-2H3,(H,13,19)(H,14,17). The number of amides is 1. The summed E-state index contributed by atoms with van der Waals surface area (Å²) in [5, 5.41) is 17.3. The van der Waals surface area contributed by atoms with Crippen LogP contribution < -0.4 is 16.4 Å². The zero-order valence-electron chi connectivity index (χ0n) is 10.7. The normalized spacial score (nSPS) is 10.2. The van der Waals surface area contributed by atoms with E-state index in [9.17, 15) is 4.79 Å². The highest BCUT2D eigenvalue weighted by Crippen LogP contribution is 2.11. The minimum absolute atomic E-state index is 0.268. The number of carbonyl (C=O) groups excluding carboxylic acids is 1. The average Bonchev–Trinajstić information content (AvgIpc) is 2.76. The summed E-state index contributed by atoms with van der Waals surface area (Å²) in [4.78, 5) is 11.3. The summed E-state index contributed by atoms with van der Waals surface area (Å²) in [6.07, 6.45) is 1.69. The lowest BCUT2D eigenvalue weighted by atomic mass is 10.3. The van der Waals surface area contributed by atoms with Crippen molar-refractivity contribution < 1.29 is 4.79 Å². The number of anilines is 2. The van der Waals surface area contributed by atoms with E-state index in [4.69, 9.17) is 5.73 Å². The van der Waals surface area contributed by atoms with Crippen molar-refractivity contribution in [2.75, 3.05) is 18.1 Å². The maximum atomic E-state index is 11.3. The molecule has 0 aromatic carbocycles. The number of nitrogens with zero attached hydrogens (tertiary/aromatic N) is 4. The summed E-state index contributed by atoms with van der Waals surface area (Å²) < 4.78 is 1.59. The van der Waals surface area contributed by atoms with Gasteiger partial charge in [0.25, 0.3) is 5.91 Å². The molecule has 0 aliphatic carbocycles. The Bertz CT molecular complexity index is 575. The predicted octanol–water partition coefficient (Wildman–Crippen LogP) is -0.236. The number of aryl methyl sites for hydroxylation is 1. The Morgan fingerprint density at radius 1 is 1.42 bits per heavy atom. The fourth-order valence-electron chi connectivity index (χ4n) is 1.49. The van der Waals surface area contributed by atoms with Crippen LogP contribution in [-0.4, -0.2) is 32.9 Å². The number of carbonyl (C=O) groups is 1. The Labute approximate surface area is 110 Å². The van der Waals surface area contributed by atoms with E-state index in [1.165, 1.54) is 0 Å². The van der Waals surface area contributed by atoms with Crippen LogP contribution in [0.2, 0.25) is 0 Å². The lowest BCUT2D eigenvalue weighted by Gasteiger charge is -2.05. The first-order valence-electron chi connectivity index (χ1n) is 5.68. The second-order valence-corrected chi connectivity index (χ2v) is 3.92. The number of rotatable bonds is 4. The summed E-state index contributed by atoms with van der Waals surface area (Å²) in [5.41, 5.74) is 6.97. The molecule has 2 aromatic rings. The van der Waals surface area contributed by atoms with Gasteiger partial charge in [-0.2, -0.15) is 5.10 Å². The highest BCUT2D eigenvalue weighted by Gasteiger charge is 2.07. The number of nitrogens with one attached hydrogen (secondary N) is 2. The lowest BCUT2D eigenvalue weighted by Crippen LogP contribution is -2.19. The van der Waals surface area contributed by atoms with Crippen LogP contribution in [0.3, 0.4) is 0 Å². The third kappa shape index (κ3) is 2.79. The number of nitrogen functional groups attached to an aromatic ring is 1. The Morgan fingerprint density at radius 2 is 2.21 bits per heavy atom. The molecule has 8 heteroatoms. The first kappa shape index (κ1) is 12.8. The van der Waals surface area contributed by atoms with Gasteiger partial charge in [-0.25, -0.2) is 0 Å². The number of nitrogens with two attached hydrogens (primary N) is 1. The van der Waals surface area contributed by atoms with Crippen LogP contribution in [-0.2, 0) is 13.6 Å². The molecule has 0 saturated carbocycles. The zero-order valence-corrected chi connectivity index (χ0v) is 10.7. The topological polar surface area (TPSA) is 111 Å². The molecule has 0 aliphatic heterocycles. The van der Waals surface area contributed by atoms with Crippen molar-refractivity contribution in [1.82, 2.24) is 25.3 Å². The SMILES string of the molecule is CNC(=O)c1ccc(NCc2cnn(C)c2N)nn1. The first-order chi connectivity index (χ1) is 9.11. The van der Waals surface area contributed by atoms with Crippen molar-refractivity contribution in [2.24, 2.45) is 7.05 Å². The summed E-state index contributed by atoms with van der Waals surface area (Å²) in [6, 6.07) is 3.28. The van der Waals surface area contributed by atoms with Gasteiger partial charge in [0.05, 0.1) is 6.20 Å². The first-order valence-corrected chi connectivity index (χ1v) is 5.68. The Morgan fingerprint density at radius 3 is 2.74 bits per heavy atom. The molecule has 8 nitrogen and oxygen atoms in total. The number of hydrogen-bond acceptors (Lipinski definition) is 6. The smallest absolute Gasteiger partial charge is 0.271 e. The van der Waals surface area contributed by atoms with Gasteiger partial charge >= 0.3 is 0 Å². The Hall–Kier alpha value is -2.64. The van der Waals surface area contributed by atoms with Gasteiger partial charge in [0, 0.05) is 26.2 Å². The molecule has 4 N–H and O–H groups in total. The van der Waals surface area contributed by atoms with Crippen molar-refractivity contribution in [1.29, 1.82) is 0 Å². The van der Waals surface area contributed by atoms with E-state index in [0.717, 1.165) is 5.56 Å². The molecule has 0 saturated heterocycles. The molecule has 0 unspecified atom stereocenters. The van der Waals surface area contributed by atoms with Gasteiger partial charge in [-0.05, 0) is 12.1 Å². The highest BCUT2D eigenvalue weighted by atomic mass is 16.1. The fraction of sp³-hybridized carbons (Fsp3) is 0.273. The molecule has 19 heavy (non-hydrogen) atoms. The average molecular weight is 261 g/mol. The summed E-state index contributed by atoms with van der Waals surface area (Å²) in [6.45, 7) is 0.494. The molecular weight excluding hydrogens is 246 g/mol. The Kier molecular flexibility index (Phi) is 3.60. The van der Waals surface area contributed by atoms with Crippen LogP contribution >= 0.6 is 0 Å². The second kappa shape index (κ2) is 5.34. The van der Waals surface area contributed by atoms with Gasteiger partial charge in [0.15, 0.2) is 5.69 Å². The van der Waals surface area contributed by atoms with E-state index < -0.39 is 0 Å².